The highest BCUT2D eigenvalue weighted by molar-refractivity contribution is 5.69. The zero-order valence-corrected chi connectivity index (χ0v) is 34.3. The molecule has 4 N–H and O–H groups in total. The molecule has 0 spiro atoms. The number of hydrogen-bond acceptors (Lipinski definition) is 9. The molecule has 9 nitrogen and oxygen atoms in total. The molecule has 1 rings (SSSR count). The van der Waals surface area contributed by atoms with Crippen LogP contribution >= 0.6 is 0 Å². The molecule has 0 aromatic carbocycles. The molecule has 1 aliphatic rings. The van der Waals surface area contributed by atoms with Crippen molar-refractivity contribution in [2.45, 2.75) is 237 Å². The van der Waals surface area contributed by atoms with Gasteiger partial charge in [0.05, 0.1) is 19.8 Å². The van der Waals surface area contributed by atoms with Crippen molar-refractivity contribution in [2.75, 3.05) is 26.4 Å². The van der Waals surface area contributed by atoms with Crippen LogP contribution in [0.5, 0.6) is 0 Å². The zero-order valence-electron chi connectivity index (χ0n) is 34.3. The maximum atomic E-state index is 12.8. The third-order valence-electron chi connectivity index (χ3n) is 10.4. The SMILES string of the molecule is CCCCCCCCC/C=C\CCCCCCCCCC(=O)OC(COCCCCCCCCCCCCCC)COC1OC(CO)C(O)C(O)C1O. The molecular weight excluding hydrogens is 672 g/mol. The molecule has 1 heterocycles. The van der Waals surface area contributed by atoms with E-state index >= 15 is 0 Å². The Morgan fingerprint density at radius 3 is 1.53 bits per heavy atom. The van der Waals surface area contributed by atoms with Crippen LogP contribution in [0.3, 0.4) is 0 Å². The quantitative estimate of drug-likeness (QED) is 0.0276. The van der Waals surface area contributed by atoms with Gasteiger partial charge in [-0.3, -0.25) is 4.79 Å². The Morgan fingerprint density at radius 1 is 0.585 bits per heavy atom. The molecule has 0 aliphatic carbocycles. The first-order valence-corrected chi connectivity index (χ1v) is 22.3. The summed E-state index contributed by atoms with van der Waals surface area (Å²) in [7, 11) is 0. The average molecular weight is 757 g/mol. The first kappa shape index (κ1) is 49.9. The predicted octanol–water partition coefficient (Wildman–Crippen LogP) is 9.64. The molecule has 0 aromatic heterocycles. The van der Waals surface area contributed by atoms with Gasteiger partial charge in [0.15, 0.2) is 6.29 Å². The van der Waals surface area contributed by atoms with Crippen molar-refractivity contribution in [3.63, 3.8) is 0 Å². The molecule has 1 aliphatic heterocycles. The number of ether oxygens (including phenoxy) is 4. The second-order valence-electron chi connectivity index (χ2n) is 15.5. The molecule has 1 fully saturated rings. The Balaban J connectivity index is 2.25. The summed E-state index contributed by atoms with van der Waals surface area (Å²) in [5.41, 5.74) is 0. The van der Waals surface area contributed by atoms with Gasteiger partial charge in [-0.15, -0.1) is 0 Å². The van der Waals surface area contributed by atoms with Crippen LogP contribution in [-0.2, 0) is 23.7 Å². The van der Waals surface area contributed by atoms with Crippen LogP contribution < -0.4 is 0 Å². The summed E-state index contributed by atoms with van der Waals surface area (Å²) >= 11 is 0. The van der Waals surface area contributed by atoms with Crippen LogP contribution in [0, 0.1) is 0 Å². The Morgan fingerprint density at radius 2 is 1.04 bits per heavy atom. The topological polar surface area (TPSA) is 135 Å². The third-order valence-corrected chi connectivity index (χ3v) is 10.4. The molecule has 53 heavy (non-hydrogen) atoms. The lowest BCUT2D eigenvalue weighted by atomic mass is 9.99. The Labute approximate surface area is 325 Å². The van der Waals surface area contributed by atoms with Gasteiger partial charge in [0.1, 0.15) is 30.5 Å². The van der Waals surface area contributed by atoms with E-state index in [2.05, 4.69) is 26.0 Å². The van der Waals surface area contributed by atoms with E-state index in [-0.39, 0.29) is 19.2 Å². The molecule has 0 bridgehead atoms. The van der Waals surface area contributed by atoms with Gasteiger partial charge in [0.25, 0.3) is 0 Å². The largest absolute Gasteiger partial charge is 0.457 e. The lowest BCUT2D eigenvalue weighted by Crippen LogP contribution is -2.59. The Kier molecular flexibility index (Phi) is 34.5. The van der Waals surface area contributed by atoms with Crippen molar-refractivity contribution < 1.29 is 44.2 Å². The number of allylic oxidation sites excluding steroid dienone is 2. The van der Waals surface area contributed by atoms with Crippen LogP contribution in [0.15, 0.2) is 12.2 Å². The average Bonchev–Trinajstić information content (AvgIpc) is 3.16. The summed E-state index contributed by atoms with van der Waals surface area (Å²) in [5.74, 6) is -0.315. The van der Waals surface area contributed by atoms with Gasteiger partial charge in [-0.1, -0.05) is 167 Å². The summed E-state index contributed by atoms with van der Waals surface area (Å²) in [6.45, 7) is 4.57. The molecule has 314 valence electrons. The van der Waals surface area contributed by atoms with Crippen LogP contribution in [-0.4, -0.2) is 89.6 Å². The maximum Gasteiger partial charge on any atom is 0.306 e. The number of aliphatic hydroxyl groups is 4. The minimum absolute atomic E-state index is 0.110. The summed E-state index contributed by atoms with van der Waals surface area (Å²) in [6, 6.07) is 0. The first-order chi connectivity index (χ1) is 25.9. The maximum absolute atomic E-state index is 12.8. The van der Waals surface area contributed by atoms with Gasteiger partial charge in [0.2, 0.25) is 0 Å². The van der Waals surface area contributed by atoms with E-state index in [0.29, 0.717) is 13.0 Å². The van der Waals surface area contributed by atoms with Crippen molar-refractivity contribution in [3.8, 4) is 0 Å². The van der Waals surface area contributed by atoms with Gasteiger partial charge in [-0.05, 0) is 38.5 Å². The fourth-order valence-electron chi connectivity index (χ4n) is 6.90. The van der Waals surface area contributed by atoms with Gasteiger partial charge < -0.3 is 39.4 Å². The summed E-state index contributed by atoms with van der Waals surface area (Å²) in [5, 5.41) is 40.0. The fraction of sp³-hybridized carbons (Fsp3) is 0.932. The standard InChI is InChI=1S/C44H84O9/c1-3-5-7-9-11-13-15-17-18-19-20-21-22-23-25-27-29-31-33-40(46)52-38(37-51-44-43(49)42(48)41(47)39(35-45)53-44)36-50-34-32-30-28-26-24-16-14-12-10-8-6-4-2/h18-19,38-39,41-45,47-49H,3-17,20-37H2,1-2H3/b19-18-. The molecule has 1 saturated heterocycles. The minimum atomic E-state index is -1.53. The van der Waals surface area contributed by atoms with E-state index < -0.39 is 43.4 Å². The van der Waals surface area contributed by atoms with Crippen molar-refractivity contribution in [3.05, 3.63) is 12.2 Å². The van der Waals surface area contributed by atoms with E-state index in [1.807, 2.05) is 0 Å². The normalized spacial score (nSPS) is 21.1. The Bertz CT molecular complexity index is 823. The number of carbonyl (C=O) groups is 1. The Hall–Kier alpha value is -1.07. The molecule has 0 saturated carbocycles. The molecular formula is C44H84O9. The summed E-state index contributed by atoms with van der Waals surface area (Å²) in [6.07, 6.45) is 32.3. The molecule has 9 heteroatoms. The fourth-order valence-corrected chi connectivity index (χ4v) is 6.90. The van der Waals surface area contributed by atoms with E-state index in [1.54, 1.807) is 0 Å². The highest BCUT2D eigenvalue weighted by atomic mass is 16.7. The van der Waals surface area contributed by atoms with Crippen LogP contribution in [0.1, 0.15) is 200 Å². The van der Waals surface area contributed by atoms with E-state index in [4.69, 9.17) is 18.9 Å². The number of rotatable bonds is 38. The number of hydrogen-bond donors (Lipinski definition) is 4. The monoisotopic (exact) mass is 757 g/mol. The highest BCUT2D eigenvalue weighted by Gasteiger charge is 2.44. The smallest absolute Gasteiger partial charge is 0.306 e. The third kappa shape index (κ3) is 28.1. The number of esters is 1. The number of carbonyl (C=O) groups excluding carboxylic acids is 1. The predicted molar refractivity (Wildman–Crippen MR) is 215 cm³/mol. The summed E-state index contributed by atoms with van der Waals surface area (Å²) in [4.78, 5) is 12.8. The number of aliphatic hydroxyl groups excluding tert-OH is 4. The molecule has 6 atom stereocenters. The van der Waals surface area contributed by atoms with Crippen LogP contribution in [0.2, 0.25) is 0 Å². The van der Waals surface area contributed by atoms with Crippen LogP contribution in [0.4, 0.5) is 0 Å². The van der Waals surface area contributed by atoms with Crippen molar-refractivity contribution in [1.29, 1.82) is 0 Å². The van der Waals surface area contributed by atoms with E-state index in [9.17, 15) is 25.2 Å². The van der Waals surface area contributed by atoms with Crippen molar-refractivity contribution in [2.24, 2.45) is 0 Å². The van der Waals surface area contributed by atoms with Gasteiger partial charge in [0, 0.05) is 13.0 Å². The van der Waals surface area contributed by atoms with Crippen molar-refractivity contribution in [1.82, 2.24) is 0 Å². The van der Waals surface area contributed by atoms with Crippen LogP contribution in [0.25, 0.3) is 0 Å². The van der Waals surface area contributed by atoms with Gasteiger partial charge in [-0.2, -0.15) is 0 Å². The molecule has 0 aromatic rings. The lowest BCUT2D eigenvalue weighted by Gasteiger charge is -2.39. The van der Waals surface area contributed by atoms with Gasteiger partial charge in [-0.25, -0.2) is 0 Å². The molecule has 0 radical (unpaired) electrons. The van der Waals surface area contributed by atoms with Crippen molar-refractivity contribution >= 4 is 5.97 Å². The second-order valence-corrected chi connectivity index (χ2v) is 15.5. The van der Waals surface area contributed by atoms with Gasteiger partial charge >= 0.3 is 5.97 Å². The highest BCUT2D eigenvalue weighted by Crippen LogP contribution is 2.22. The van der Waals surface area contributed by atoms with E-state index in [0.717, 1.165) is 32.1 Å². The molecule has 0 amide bonds. The zero-order chi connectivity index (χ0) is 38.6. The molecule has 6 unspecified atom stereocenters. The minimum Gasteiger partial charge on any atom is -0.457 e. The number of unbranched alkanes of at least 4 members (excludes halogenated alkanes) is 25. The summed E-state index contributed by atoms with van der Waals surface area (Å²) < 4.78 is 22.8. The lowest BCUT2D eigenvalue weighted by molar-refractivity contribution is -0.305. The first-order valence-electron chi connectivity index (χ1n) is 22.3. The second kappa shape index (κ2) is 36.6. The van der Waals surface area contributed by atoms with E-state index in [1.165, 1.54) is 148 Å².